The summed E-state index contributed by atoms with van der Waals surface area (Å²) in [6, 6.07) is 1.80. The van der Waals surface area contributed by atoms with Crippen LogP contribution in [0, 0.1) is 5.92 Å². The Kier molecular flexibility index (Phi) is 5.87. The number of urea groups is 1. The van der Waals surface area contributed by atoms with Gasteiger partial charge in [-0.2, -0.15) is 0 Å². The lowest BCUT2D eigenvalue weighted by Crippen LogP contribution is -2.54. The molecule has 0 saturated carbocycles. The molecule has 1 saturated heterocycles. The number of carbonyl (C=O) groups excluding carboxylic acids is 2. The van der Waals surface area contributed by atoms with Gasteiger partial charge in [0.05, 0.1) is 24.3 Å². The van der Waals surface area contributed by atoms with Crippen LogP contribution in [0.1, 0.15) is 26.0 Å². The number of furan rings is 1. The van der Waals surface area contributed by atoms with Crippen molar-refractivity contribution in [3.05, 3.63) is 24.2 Å². The van der Waals surface area contributed by atoms with Crippen LogP contribution in [0.2, 0.25) is 0 Å². The van der Waals surface area contributed by atoms with Crippen LogP contribution in [-0.2, 0) is 21.2 Å². The van der Waals surface area contributed by atoms with Crippen LogP contribution in [0.3, 0.4) is 0 Å². The average Bonchev–Trinajstić information content (AvgIpc) is 3.11. The quantitative estimate of drug-likeness (QED) is 0.681. The molecular weight excluding hydrogens is 334 g/mol. The minimum absolute atomic E-state index is 0.0581. The third-order valence-electron chi connectivity index (χ3n) is 3.82. The molecule has 2 rings (SSSR count). The van der Waals surface area contributed by atoms with Crippen LogP contribution >= 0.6 is 0 Å². The molecule has 0 bridgehead atoms. The first-order valence-electron chi connectivity index (χ1n) is 7.84. The van der Waals surface area contributed by atoms with Gasteiger partial charge in [-0.05, 0) is 24.5 Å². The highest BCUT2D eigenvalue weighted by Crippen LogP contribution is 2.11. The van der Waals surface area contributed by atoms with E-state index in [0.717, 1.165) is 0 Å². The number of hydrogen-bond donors (Lipinski definition) is 3. The molecule has 2 heterocycles. The minimum atomic E-state index is -3.07. The van der Waals surface area contributed by atoms with Gasteiger partial charge in [-0.3, -0.25) is 4.79 Å². The molecule has 24 heavy (non-hydrogen) atoms. The summed E-state index contributed by atoms with van der Waals surface area (Å²) >= 11 is 0. The van der Waals surface area contributed by atoms with E-state index in [1.165, 1.54) is 6.26 Å². The fraction of sp³-hybridized carbons (Fsp3) is 0.600. The lowest BCUT2D eigenvalue weighted by molar-refractivity contribution is -0.124. The number of carbonyl (C=O) groups is 2. The second-order valence-electron chi connectivity index (χ2n) is 6.24. The topological polar surface area (TPSA) is 118 Å². The van der Waals surface area contributed by atoms with Crippen molar-refractivity contribution in [1.82, 2.24) is 16.0 Å². The van der Waals surface area contributed by atoms with Crippen molar-refractivity contribution in [3.8, 4) is 0 Å². The van der Waals surface area contributed by atoms with Gasteiger partial charge in [0, 0.05) is 6.04 Å². The third-order valence-corrected chi connectivity index (χ3v) is 5.59. The lowest BCUT2D eigenvalue weighted by Gasteiger charge is -2.22. The molecule has 1 aliphatic rings. The highest BCUT2D eigenvalue weighted by atomic mass is 32.2. The van der Waals surface area contributed by atoms with Crippen molar-refractivity contribution >= 4 is 21.8 Å². The molecule has 2 atom stereocenters. The largest absolute Gasteiger partial charge is 0.467 e. The highest BCUT2D eigenvalue weighted by molar-refractivity contribution is 7.91. The lowest BCUT2D eigenvalue weighted by atomic mass is 10.0. The van der Waals surface area contributed by atoms with E-state index in [4.69, 9.17) is 4.42 Å². The summed E-state index contributed by atoms with van der Waals surface area (Å²) in [5.41, 5.74) is 0. The Morgan fingerprint density at radius 3 is 2.67 bits per heavy atom. The van der Waals surface area contributed by atoms with E-state index in [1.54, 1.807) is 12.1 Å². The number of amides is 3. The van der Waals surface area contributed by atoms with Gasteiger partial charge in [0.25, 0.3) is 0 Å². The number of sulfone groups is 1. The third kappa shape index (κ3) is 5.26. The summed E-state index contributed by atoms with van der Waals surface area (Å²) in [5, 5.41) is 7.94. The summed E-state index contributed by atoms with van der Waals surface area (Å²) in [4.78, 5) is 24.3. The fourth-order valence-corrected chi connectivity index (χ4v) is 4.18. The number of rotatable bonds is 6. The Hall–Kier alpha value is -2.03. The first kappa shape index (κ1) is 18.3. The Morgan fingerprint density at radius 1 is 1.38 bits per heavy atom. The van der Waals surface area contributed by atoms with Crippen molar-refractivity contribution in [2.45, 2.75) is 38.9 Å². The monoisotopic (exact) mass is 357 g/mol. The molecule has 0 radical (unpaired) electrons. The van der Waals surface area contributed by atoms with Crippen molar-refractivity contribution in [2.24, 2.45) is 5.92 Å². The van der Waals surface area contributed by atoms with Gasteiger partial charge in [-0.15, -0.1) is 0 Å². The molecule has 9 heteroatoms. The summed E-state index contributed by atoms with van der Waals surface area (Å²) in [6.07, 6.45) is 1.91. The molecule has 0 aliphatic carbocycles. The second-order valence-corrected chi connectivity index (χ2v) is 8.47. The van der Waals surface area contributed by atoms with Gasteiger partial charge in [-0.1, -0.05) is 13.8 Å². The Balaban J connectivity index is 1.85. The molecule has 8 nitrogen and oxygen atoms in total. The highest BCUT2D eigenvalue weighted by Gasteiger charge is 2.30. The Labute approximate surface area is 141 Å². The summed E-state index contributed by atoms with van der Waals surface area (Å²) in [7, 11) is -3.07. The average molecular weight is 357 g/mol. The van der Waals surface area contributed by atoms with E-state index >= 15 is 0 Å². The zero-order valence-electron chi connectivity index (χ0n) is 13.7. The van der Waals surface area contributed by atoms with Crippen molar-refractivity contribution in [2.75, 3.05) is 11.5 Å². The Bertz CT molecular complexity index is 669. The molecule has 1 aromatic heterocycles. The molecule has 3 N–H and O–H groups in total. The molecule has 0 aromatic carbocycles. The van der Waals surface area contributed by atoms with E-state index in [0.29, 0.717) is 12.2 Å². The van der Waals surface area contributed by atoms with Gasteiger partial charge in [-0.25, -0.2) is 13.2 Å². The smallest absolute Gasteiger partial charge is 0.315 e. The van der Waals surface area contributed by atoms with E-state index in [2.05, 4.69) is 16.0 Å². The van der Waals surface area contributed by atoms with Gasteiger partial charge in [0.2, 0.25) is 5.91 Å². The minimum Gasteiger partial charge on any atom is -0.467 e. The predicted octanol–water partition coefficient (Wildman–Crippen LogP) is 0.407. The van der Waals surface area contributed by atoms with Crippen LogP contribution in [0.15, 0.2) is 22.8 Å². The molecule has 1 fully saturated rings. The maximum Gasteiger partial charge on any atom is 0.315 e. The SMILES string of the molecule is CC(C)[C@@H](NC(=O)NC1CCS(=O)(=O)C1)C(=O)NCc1ccco1. The molecular formula is C15H23N3O5S. The van der Waals surface area contributed by atoms with Crippen LogP contribution in [0.4, 0.5) is 4.79 Å². The zero-order valence-corrected chi connectivity index (χ0v) is 14.6. The maximum atomic E-state index is 12.3. The fourth-order valence-electron chi connectivity index (χ4n) is 2.51. The van der Waals surface area contributed by atoms with Gasteiger partial charge < -0.3 is 20.4 Å². The molecule has 1 unspecified atom stereocenters. The van der Waals surface area contributed by atoms with Crippen molar-refractivity contribution in [3.63, 3.8) is 0 Å². The van der Waals surface area contributed by atoms with E-state index < -0.39 is 28.0 Å². The van der Waals surface area contributed by atoms with Gasteiger partial charge in [0.1, 0.15) is 11.8 Å². The standard InChI is InChI=1S/C15H23N3O5S/c1-10(2)13(14(19)16-8-12-4-3-6-23-12)18-15(20)17-11-5-7-24(21,22)9-11/h3-4,6,10-11,13H,5,7-9H2,1-2H3,(H,16,19)(H2,17,18,20)/t11?,13-/m1/s1. The van der Waals surface area contributed by atoms with Crippen LogP contribution in [-0.4, -0.2) is 43.9 Å². The van der Waals surface area contributed by atoms with Gasteiger partial charge >= 0.3 is 6.03 Å². The van der Waals surface area contributed by atoms with E-state index in [1.807, 2.05) is 13.8 Å². The molecule has 134 valence electrons. The van der Waals surface area contributed by atoms with Crippen molar-refractivity contribution < 1.29 is 22.4 Å². The predicted molar refractivity (Wildman–Crippen MR) is 87.9 cm³/mol. The first-order chi connectivity index (χ1) is 11.3. The molecule has 1 aliphatic heterocycles. The molecule has 0 spiro atoms. The van der Waals surface area contributed by atoms with Gasteiger partial charge in [0.15, 0.2) is 9.84 Å². The van der Waals surface area contributed by atoms with Crippen molar-refractivity contribution in [1.29, 1.82) is 0 Å². The first-order valence-corrected chi connectivity index (χ1v) is 9.66. The summed E-state index contributed by atoms with van der Waals surface area (Å²) < 4.78 is 28.0. The van der Waals surface area contributed by atoms with E-state index in [9.17, 15) is 18.0 Å². The zero-order chi connectivity index (χ0) is 17.7. The van der Waals surface area contributed by atoms with Crippen LogP contribution in [0.25, 0.3) is 0 Å². The second kappa shape index (κ2) is 7.69. The normalized spacial score (nSPS) is 20.5. The van der Waals surface area contributed by atoms with E-state index in [-0.39, 0.29) is 29.9 Å². The van der Waals surface area contributed by atoms with Crippen LogP contribution in [0.5, 0.6) is 0 Å². The van der Waals surface area contributed by atoms with Crippen LogP contribution < -0.4 is 16.0 Å². The Morgan fingerprint density at radius 2 is 2.12 bits per heavy atom. The maximum absolute atomic E-state index is 12.3. The molecule has 3 amide bonds. The molecule has 1 aromatic rings. The number of nitrogens with one attached hydrogen (secondary N) is 3. The summed E-state index contributed by atoms with van der Waals surface area (Å²) in [5.74, 6) is 0.189. The summed E-state index contributed by atoms with van der Waals surface area (Å²) in [6.45, 7) is 3.87. The number of hydrogen-bond acceptors (Lipinski definition) is 5.